The van der Waals surface area contributed by atoms with Crippen LogP contribution in [0, 0.1) is 6.92 Å². The van der Waals surface area contributed by atoms with Crippen molar-refractivity contribution in [3.8, 4) is 0 Å². The number of nitrogens with zero attached hydrogens (tertiary/aromatic N) is 2. The van der Waals surface area contributed by atoms with Crippen LogP contribution in [0.15, 0.2) is 6.07 Å². The van der Waals surface area contributed by atoms with Crippen molar-refractivity contribution in [2.24, 2.45) is 0 Å². The van der Waals surface area contributed by atoms with Crippen molar-refractivity contribution in [2.75, 3.05) is 26.4 Å². The minimum absolute atomic E-state index is 0.595. The standard InChI is InChI=1S/C9H16N2OS2/c1-8-6-9(10-13-8)7-14(12)5-4-11(2)3/h6H,4-5,7H2,1-3H3. The molecule has 0 radical (unpaired) electrons. The Hall–Kier alpha value is -0.260. The van der Waals surface area contributed by atoms with Crippen molar-refractivity contribution >= 4 is 22.3 Å². The van der Waals surface area contributed by atoms with Gasteiger partial charge in [-0.25, -0.2) is 0 Å². The molecule has 0 aliphatic carbocycles. The van der Waals surface area contributed by atoms with Crippen molar-refractivity contribution in [2.45, 2.75) is 12.7 Å². The Kier molecular flexibility index (Phi) is 4.71. The van der Waals surface area contributed by atoms with Crippen molar-refractivity contribution < 1.29 is 4.21 Å². The van der Waals surface area contributed by atoms with E-state index < -0.39 is 10.8 Å². The molecule has 1 heterocycles. The van der Waals surface area contributed by atoms with Gasteiger partial charge in [0.15, 0.2) is 0 Å². The molecule has 80 valence electrons. The van der Waals surface area contributed by atoms with Crippen LogP contribution >= 0.6 is 11.5 Å². The van der Waals surface area contributed by atoms with Gasteiger partial charge in [-0.2, -0.15) is 4.37 Å². The van der Waals surface area contributed by atoms with Gasteiger partial charge in [0.2, 0.25) is 0 Å². The Morgan fingerprint density at radius 2 is 2.29 bits per heavy atom. The van der Waals surface area contributed by atoms with Gasteiger partial charge < -0.3 is 4.90 Å². The number of hydrogen-bond acceptors (Lipinski definition) is 4. The highest BCUT2D eigenvalue weighted by atomic mass is 32.2. The molecule has 14 heavy (non-hydrogen) atoms. The Balaban J connectivity index is 2.34. The van der Waals surface area contributed by atoms with Crippen LogP contribution in [0.3, 0.4) is 0 Å². The fourth-order valence-electron chi connectivity index (χ4n) is 1.01. The highest BCUT2D eigenvalue weighted by molar-refractivity contribution is 7.84. The molecule has 1 rings (SSSR count). The third-order valence-corrected chi connectivity index (χ3v) is 3.74. The average molecular weight is 232 g/mol. The molecule has 5 heteroatoms. The topological polar surface area (TPSA) is 33.2 Å². The van der Waals surface area contributed by atoms with E-state index in [0.29, 0.717) is 5.75 Å². The maximum Gasteiger partial charge on any atom is 0.0670 e. The highest BCUT2D eigenvalue weighted by Crippen LogP contribution is 2.09. The molecule has 1 aromatic heterocycles. The molecule has 0 aromatic carbocycles. The molecule has 3 nitrogen and oxygen atoms in total. The summed E-state index contributed by atoms with van der Waals surface area (Å²) in [6, 6.07) is 2.01. The first-order valence-electron chi connectivity index (χ1n) is 4.50. The lowest BCUT2D eigenvalue weighted by molar-refractivity contribution is 0.435. The molecule has 0 amide bonds. The molecule has 1 aromatic rings. The fourth-order valence-corrected chi connectivity index (χ4v) is 2.85. The van der Waals surface area contributed by atoms with Gasteiger partial charge in [0.1, 0.15) is 0 Å². The zero-order valence-corrected chi connectivity index (χ0v) is 10.5. The van der Waals surface area contributed by atoms with Crippen molar-refractivity contribution in [3.63, 3.8) is 0 Å². The van der Waals surface area contributed by atoms with Crippen LogP contribution in [0.5, 0.6) is 0 Å². The van der Waals surface area contributed by atoms with Crippen LogP contribution in [0.1, 0.15) is 10.6 Å². The summed E-state index contributed by atoms with van der Waals surface area (Å²) >= 11 is 1.48. The van der Waals surface area contributed by atoms with E-state index in [2.05, 4.69) is 4.37 Å². The van der Waals surface area contributed by atoms with E-state index in [1.165, 1.54) is 16.4 Å². The maximum absolute atomic E-state index is 11.6. The first kappa shape index (κ1) is 11.8. The number of aryl methyl sites for hydroxylation is 1. The molecule has 0 fully saturated rings. The second kappa shape index (κ2) is 5.58. The van der Waals surface area contributed by atoms with E-state index in [1.54, 1.807) is 0 Å². The number of hydrogen-bond donors (Lipinski definition) is 0. The summed E-state index contributed by atoms with van der Waals surface area (Å²) < 4.78 is 15.8. The Bertz CT molecular complexity index is 310. The lowest BCUT2D eigenvalue weighted by Crippen LogP contribution is -2.19. The van der Waals surface area contributed by atoms with E-state index in [9.17, 15) is 4.21 Å². The number of rotatable bonds is 5. The summed E-state index contributed by atoms with van der Waals surface area (Å²) in [5.74, 6) is 1.32. The summed E-state index contributed by atoms with van der Waals surface area (Å²) in [5.41, 5.74) is 0.963. The molecular formula is C9H16N2OS2. The SMILES string of the molecule is Cc1cc(CS(=O)CCN(C)C)ns1. The molecule has 1 atom stereocenters. The fraction of sp³-hybridized carbons (Fsp3) is 0.667. The quantitative estimate of drug-likeness (QED) is 0.766. The first-order chi connectivity index (χ1) is 6.58. The minimum Gasteiger partial charge on any atom is -0.308 e. The van der Waals surface area contributed by atoms with Crippen LogP contribution in [0.25, 0.3) is 0 Å². The van der Waals surface area contributed by atoms with E-state index in [1.807, 2.05) is 32.0 Å². The highest BCUT2D eigenvalue weighted by Gasteiger charge is 2.05. The summed E-state index contributed by atoms with van der Waals surface area (Å²) in [6.07, 6.45) is 0. The molecule has 0 saturated heterocycles. The summed E-state index contributed by atoms with van der Waals surface area (Å²) in [6.45, 7) is 2.89. The average Bonchev–Trinajstić information content (AvgIpc) is 2.48. The summed E-state index contributed by atoms with van der Waals surface area (Å²) in [5, 5.41) is 0. The molecule has 0 saturated carbocycles. The monoisotopic (exact) mass is 232 g/mol. The van der Waals surface area contributed by atoms with Crippen LogP contribution in [-0.4, -0.2) is 39.9 Å². The van der Waals surface area contributed by atoms with E-state index in [4.69, 9.17) is 0 Å². The lowest BCUT2D eigenvalue weighted by Gasteiger charge is -2.07. The van der Waals surface area contributed by atoms with Gasteiger partial charge in [0, 0.05) is 28.0 Å². The van der Waals surface area contributed by atoms with Gasteiger partial charge in [0.05, 0.1) is 11.4 Å². The smallest absolute Gasteiger partial charge is 0.0670 e. The van der Waals surface area contributed by atoms with E-state index in [-0.39, 0.29) is 0 Å². The van der Waals surface area contributed by atoms with Crippen LogP contribution in [0.4, 0.5) is 0 Å². The summed E-state index contributed by atoms with van der Waals surface area (Å²) in [7, 11) is 3.20. The minimum atomic E-state index is -0.776. The Morgan fingerprint density at radius 1 is 1.57 bits per heavy atom. The van der Waals surface area contributed by atoms with Crippen molar-refractivity contribution in [1.29, 1.82) is 0 Å². The predicted octanol–water partition coefficient (Wildman–Crippen LogP) is 1.26. The second-order valence-electron chi connectivity index (χ2n) is 3.52. The molecule has 0 aliphatic rings. The lowest BCUT2D eigenvalue weighted by atomic mass is 10.4. The zero-order chi connectivity index (χ0) is 10.6. The molecule has 0 spiro atoms. The second-order valence-corrected chi connectivity index (χ2v) is 6.11. The van der Waals surface area contributed by atoms with E-state index in [0.717, 1.165) is 18.0 Å². The molecule has 0 N–H and O–H groups in total. The predicted molar refractivity (Wildman–Crippen MR) is 62.1 cm³/mol. The maximum atomic E-state index is 11.6. The Morgan fingerprint density at radius 3 is 2.79 bits per heavy atom. The molecule has 0 bridgehead atoms. The third-order valence-electron chi connectivity index (χ3n) is 1.75. The van der Waals surface area contributed by atoms with Gasteiger partial charge >= 0.3 is 0 Å². The van der Waals surface area contributed by atoms with Crippen LogP contribution in [-0.2, 0) is 16.6 Å². The third kappa shape index (κ3) is 4.30. The van der Waals surface area contributed by atoms with Crippen molar-refractivity contribution in [3.05, 3.63) is 16.6 Å². The van der Waals surface area contributed by atoms with E-state index >= 15 is 0 Å². The normalized spacial score (nSPS) is 13.4. The van der Waals surface area contributed by atoms with Crippen molar-refractivity contribution in [1.82, 2.24) is 9.27 Å². The summed E-state index contributed by atoms with van der Waals surface area (Å²) in [4.78, 5) is 3.23. The van der Waals surface area contributed by atoms with Gasteiger partial charge in [0.25, 0.3) is 0 Å². The zero-order valence-electron chi connectivity index (χ0n) is 8.82. The van der Waals surface area contributed by atoms with Gasteiger partial charge in [-0.05, 0) is 38.6 Å². The van der Waals surface area contributed by atoms with Crippen LogP contribution in [0.2, 0.25) is 0 Å². The van der Waals surface area contributed by atoms with Gasteiger partial charge in [-0.15, -0.1) is 0 Å². The Labute approximate surface area is 91.8 Å². The van der Waals surface area contributed by atoms with Crippen LogP contribution < -0.4 is 0 Å². The molecule has 1 unspecified atom stereocenters. The van der Waals surface area contributed by atoms with Gasteiger partial charge in [-0.1, -0.05) is 0 Å². The first-order valence-corrected chi connectivity index (χ1v) is 6.76. The molecular weight excluding hydrogens is 216 g/mol. The largest absolute Gasteiger partial charge is 0.308 e. The molecule has 0 aliphatic heterocycles. The van der Waals surface area contributed by atoms with Gasteiger partial charge in [-0.3, -0.25) is 4.21 Å². The number of aromatic nitrogens is 1.